The van der Waals surface area contributed by atoms with Gasteiger partial charge in [-0.1, -0.05) is 23.7 Å². The van der Waals surface area contributed by atoms with E-state index in [0.717, 1.165) is 42.9 Å². The zero-order chi connectivity index (χ0) is 17.8. The summed E-state index contributed by atoms with van der Waals surface area (Å²) in [6.07, 6.45) is 4.95. The lowest BCUT2D eigenvalue weighted by Crippen LogP contribution is -2.37. The maximum absolute atomic E-state index is 12.7. The Bertz CT molecular complexity index is 711. The minimum atomic E-state index is -0.0380. The van der Waals surface area contributed by atoms with Crippen LogP contribution in [0, 0.1) is 0 Å². The van der Waals surface area contributed by atoms with Crippen molar-refractivity contribution in [3.05, 3.63) is 52.8 Å². The lowest BCUT2D eigenvalue weighted by molar-refractivity contribution is 0.0736. The molecule has 1 aromatic carbocycles. The van der Waals surface area contributed by atoms with Crippen molar-refractivity contribution < 1.29 is 4.79 Å². The summed E-state index contributed by atoms with van der Waals surface area (Å²) in [5, 5.41) is 8.63. The standard InChI is InChI=1S/C19H25ClN4O.ClH/c1-14(12-15-5-7-16(20)8-6-15)23(2)19(25)18-9-11-24(22-18)17-4-3-10-21-13-17;/h5-9,11,14,17,21H,3-4,10,12-13H2,1-2H3;1H. The van der Waals surface area contributed by atoms with Gasteiger partial charge in [0.25, 0.3) is 5.91 Å². The lowest BCUT2D eigenvalue weighted by Gasteiger charge is -2.25. The molecule has 1 amide bonds. The van der Waals surface area contributed by atoms with Crippen LogP contribution in [0.3, 0.4) is 0 Å². The summed E-state index contributed by atoms with van der Waals surface area (Å²) < 4.78 is 1.93. The summed E-state index contributed by atoms with van der Waals surface area (Å²) >= 11 is 5.93. The van der Waals surface area contributed by atoms with Crippen LogP contribution in [0.2, 0.25) is 5.02 Å². The third-order valence-electron chi connectivity index (χ3n) is 4.90. The van der Waals surface area contributed by atoms with E-state index in [9.17, 15) is 4.79 Å². The molecule has 2 atom stereocenters. The molecule has 1 aromatic heterocycles. The lowest BCUT2D eigenvalue weighted by atomic mass is 10.1. The van der Waals surface area contributed by atoms with Crippen LogP contribution in [-0.2, 0) is 6.42 Å². The van der Waals surface area contributed by atoms with Crippen LogP contribution in [0.4, 0.5) is 0 Å². The number of likely N-dealkylation sites (N-methyl/N-ethyl adjacent to an activating group) is 1. The van der Waals surface area contributed by atoms with E-state index >= 15 is 0 Å². The molecule has 2 heterocycles. The molecule has 0 radical (unpaired) electrons. The number of hydrogen-bond acceptors (Lipinski definition) is 3. The second kappa shape index (κ2) is 9.40. The molecule has 1 saturated heterocycles. The Morgan fingerprint density at radius 3 is 2.77 bits per heavy atom. The predicted octanol–water partition coefficient (Wildman–Crippen LogP) is 3.59. The Morgan fingerprint density at radius 1 is 1.38 bits per heavy atom. The van der Waals surface area contributed by atoms with Gasteiger partial charge in [-0.25, -0.2) is 0 Å². The highest BCUT2D eigenvalue weighted by molar-refractivity contribution is 6.30. The minimum Gasteiger partial charge on any atom is -0.337 e. The van der Waals surface area contributed by atoms with Crippen molar-refractivity contribution >= 4 is 29.9 Å². The molecule has 142 valence electrons. The van der Waals surface area contributed by atoms with Gasteiger partial charge in [0.1, 0.15) is 5.69 Å². The third kappa shape index (κ3) is 5.00. The number of nitrogens with one attached hydrogen (secondary N) is 1. The first kappa shape index (κ1) is 20.7. The first-order valence-corrected chi connectivity index (χ1v) is 9.20. The Kier molecular flexibility index (Phi) is 7.50. The first-order valence-electron chi connectivity index (χ1n) is 8.82. The van der Waals surface area contributed by atoms with E-state index in [0.29, 0.717) is 11.7 Å². The zero-order valence-electron chi connectivity index (χ0n) is 15.2. The normalized spacial score (nSPS) is 18.0. The maximum Gasteiger partial charge on any atom is 0.274 e. The number of aromatic nitrogens is 2. The van der Waals surface area contributed by atoms with Crippen molar-refractivity contribution in [3.63, 3.8) is 0 Å². The second-order valence-corrected chi connectivity index (χ2v) is 7.21. The fourth-order valence-corrected chi connectivity index (χ4v) is 3.32. The van der Waals surface area contributed by atoms with Crippen LogP contribution in [-0.4, -0.2) is 46.8 Å². The molecule has 2 aromatic rings. The van der Waals surface area contributed by atoms with E-state index in [-0.39, 0.29) is 24.4 Å². The number of hydrogen-bond donors (Lipinski definition) is 1. The van der Waals surface area contributed by atoms with E-state index < -0.39 is 0 Å². The SMILES string of the molecule is CC(Cc1ccc(Cl)cc1)N(C)C(=O)c1ccn(C2CCCNC2)n1.Cl. The van der Waals surface area contributed by atoms with E-state index in [1.165, 1.54) is 0 Å². The summed E-state index contributed by atoms with van der Waals surface area (Å²) in [6, 6.07) is 10.0. The van der Waals surface area contributed by atoms with Crippen molar-refractivity contribution in [2.45, 2.75) is 38.3 Å². The molecule has 1 N–H and O–H groups in total. The van der Waals surface area contributed by atoms with Gasteiger partial charge in [-0.05, 0) is 56.5 Å². The van der Waals surface area contributed by atoms with Gasteiger partial charge >= 0.3 is 0 Å². The smallest absolute Gasteiger partial charge is 0.274 e. The van der Waals surface area contributed by atoms with E-state index in [4.69, 9.17) is 11.6 Å². The molecule has 5 nitrogen and oxygen atoms in total. The fraction of sp³-hybridized carbons (Fsp3) is 0.474. The molecule has 3 rings (SSSR count). The minimum absolute atomic E-state index is 0. The van der Waals surface area contributed by atoms with Gasteiger partial charge in [-0.15, -0.1) is 12.4 Å². The Labute approximate surface area is 166 Å². The quantitative estimate of drug-likeness (QED) is 0.839. The molecule has 0 saturated carbocycles. The van der Waals surface area contributed by atoms with Crippen molar-refractivity contribution in [1.82, 2.24) is 20.0 Å². The largest absolute Gasteiger partial charge is 0.337 e. The first-order chi connectivity index (χ1) is 12.0. The second-order valence-electron chi connectivity index (χ2n) is 6.78. The summed E-state index contributed by atoms with van der Waals surface area (Å²) in [7, 11) is 1.84. The van der Waals surface area contributed by atoms with Gasteiger partial charge in [0.05, 0.1) is 6.04 Å². The van der Waals surface area contributed by atoms with E-state index in [1.807, 2.05) is 48.3 Å². The van der Waals surface area contributed by atoms with Crippen LogP contribution in [0.25, 0.3) is 0 Å². The summed E-state index contributed by atoms with van der Waals surface area (Å²) in [6.45, 7) is 4.03. The number of carbonyl (C=O) groups excluding carboxylic acids is 1. The maximum atomic E-state index is 12.7. The van der Waals surface area contributed by atoms with Crippen LogP contribution < -0.4 is 5.32 Å². The third-order valence-corrected chi connectivity index (χ3v) is 5.15. The highest BCUT2D eigenvalue weighted by Gasteiger charge is 2.22. The molecule has 1 aliphatic rings. The molecule has 1 fully saturated rings. The number of benzene rings is 1. The number of nitrogens with zero attached hydrogens (tertiary/aromatic N) is 3. The van der Waals surface area contributed by atoms with Gasteiger partial charge in [0.2, 0.25) is 0 Å². The van der Waals surface area contributed by atoms with Gasteiger partial charge in [-0.2, -0.15) is 5.10 Å². The number of amides is 1. The molecule has 1 aliphatic heterocycles. The molecule has 0 aliphatic carbocycles. The van der Waals surface area contributed by atoms with E-state index in [1.54, 1.807) is 4.90 Å². The fourth-order valence-electron chi connectivity index (χ4n) is 3.19. The summed E-state index contributed by atoms with van der Waals surface area (Å²) in [4.78, 5) is 14.5. The molecule has 0 bridgehead atoms. The van der Waals surface area contributed by atoms with Gasteiger partial charge in [-0.3, -0.25) is 9.48 Å². The molecular formula is C19H26Cl2N4O. The number of piperidine rings is 1. The van der Waals surface area contributed by atoms with Crippen molar-refractivity contribution in [3.8, 4) is 0 Å². The van der Waals surface area contributed by atoms with Crippen LogP contribution in [0.5, 0.6) is 0 Å². The Morgan fingerprint density at radius 2 is 2.12 bits per heavy atom. The Hall–Kier alpha value is -1.56. The van der Waals surface area contributed by atoms with Crippen molar-refractivity contribution in [1.29, 1.82) is 0 Å². The van der Waals surface area contributed by atoms with Gasteiger partial charge < -0.3 is 10.2 Å². The zero-order valence-corrected chi connectivity index (χ0v) is 16.8. The monoisotopic (exact) mass is 396 g/mol. The van der Waals surface area contributed by atoms with Crippen molar-refractivity contribution in [2.24, 2.45) is 0 Å². The predicted molar refractivity (Wildman–Crippen MR) is 107 cm³/mol. The van der Waals surface area contributed by atoms with Crippen molar-refractivity contribution in [2.75, 3.05) is 20.1 Å². The summed E-state index contributed by atoms with van der Waals surface area (Å²) in [5.74, 6) is -0.0380. The molecule has 7 heteroatoms. The van der Waals surface area contributed by atoms with Crippen LogP contribution in [0.15, 0.2) is 36.5 Å². The molecule has 26 heavy (non-hydrogen) atoms. The highest BCUT2D eigenvalue weighted by Crippen LogP contribution is 2.17. The Balaban J connectivity index is 0.00000243. The number of rotatable bonds is 5. The number of carbonyl (C=O) groups is 1. The van der Waals surface area contributed by atoms with Gasteiger partial charge in [0.15, 0.2) is 0 Å². The topological polar surface area (TPSA) is 50.2 Å². The van der Waals surface area contributed by atoms with E-state index in [2.05, 4.69) is 17.3 Å². The van der Waals surface area contributed by atoms with Crippen LogP contribution >= 0.6 is 24.0 Å². The molecular weight excluding hydrogens is 371 g/mol. The highest BCUT2D eigenvalue weighted by atomic mass is 35.5. The van der Waals surface area contributed by atoms with Gasteiger partial charge in [0, 0.05) is 30.9 Å². The average Bonchev–Trinajstić information content (AvgIpc) is 3.13. The molecule has 2 unspecified atom stereocenters. The average molecular weight is 397 g/mol. The summed E-state index contributed by atoms with van der Waals surface area (Å²) in [5.41, 5.74) is 1.67. The molecule has 0 spiro atoms. The van der Waals surface area contributed by atoms with Crippen LogP contribution in [0.1, 0.15) is 41.9 Å². The number of halogens is 2.